The van der Waals surface area contributed by atoms with Gasteiger partial charge in [0.2, 0.25) is 17.7 Å². The molecule has 0 aliphatic rings. The van der Waals surface area contributed by atoms with E-state index in [0.717, 1.165) is 5.56 Å². The van der Waals surface area contributed by atoms with Crippen LogP contribution in [0.1, 0.15) is 18.4 Å². The minimum Gasteiger partial charge on any atom is -0.370 e. The Morgan fingerprint density at radius 3 is 2.28 bits per heavy atom. The standard InChI is InChI=1S/C23H30N8O5/c24-18(13-15-5-2-1-3-6-15)21(33)28-14-20(32)30-19(7-4-12-27-23(25)26)22(34)29-16-8-10-17(11-9-16)31(35)36/h1-3,5-6,8-11,18-19H,4,7,12-14,24H2,(H,28,33)(H,29,34)(H,30,32)(H4,25,26,27). The number of rotatable bonds is 13. The third kappa shape index (κ3) is 9.77. The zero-order valence-corrected chi connectivity index (χ0v) is 19.6. The summed E-state index contributed by atoms with van der Waals surface area (Å²) in [6, 6.07) is 12.6. The molecule has 2 atom stereocenters. The number of nitro benzene ring substituents is 1. The molecule has 0 bridgehead atoms. The largest absolute Gasteiger partial charge is 0.370 e. The number of hydrogen-bond donors (Lipinski definition) is 6. The van der Waals surface area contributed by atoms with Gasteiger partial charge in [0.15, 0.2) is 5.96 Å². The van der Waals surface area contributed by atoms with Gasteiger partial charge in [-0.2, -0.15) is 0 Å². The molecule has 13 heteroatoms. The molecule has 2 aromatic rings. The average Bonchev–Trinajstić information content (AvgIpc) is 2.85. The van der Waals surface area contributed by atoms with E-state index in [4.69, 9.17) is 17.2 Å². The number of hydrogen-bond acceptors (Lipinski definition) is 7. The van der Waals surface area contributed by atoms with Crippen molar-refractivity contribution in [1.29, 1.82) is 0 Å². The van der Waals surface area contributed by atoms with E-state index in [1.54, 1.807) is 0 Å². The predicted molar refractivity (Wildman–Crippen MR) is 135 cm³/mol. The van der Waals surface area contributed by atoms with Crippen LogP contribution in [0.3, 0.4) is 0 Å². The number of nitrogens with two attached hydrogens (primary N) is 3. The van der Waals surface area contributed by atoms with Gasteiger partial charge < -0.3 is 33.2 Å². The Balaban J connectivity index is 1.94. The molecular weight excluding hydrogens is 468 g/mol. The second kappa shape index (κ2) is 14.0. The summed E-state index contributed by atoms with van der Waals surface area (Å²) in [5.41, 5.74) is 17.6. The van der Waals surface area contributed by atoms with Crippen LogP contribution in [0.2, 0.25) is 0 Å². The lowest BCUT2D eigenvalue weighted by atomic mass is 10.1. The van der Waals surface area contributed by atoms with Gasteiger partial charge in [-0.25, -0.2) is 0 Å². The van der Waals surface area contributed by atoms with Gasteiger partial charge in [-0.1, -0.05) is 30.3 Å². The molecule has 0 aliphatic carbocycles. The van der Waals surface area contributed by atoms with Gasteiger partial charge in [0.25, 0.3) is 5.69 Å². The fourth-order valence-corrected chi connectivity index (χ4v) is 3.17. The summed E-state index contributed by atoms with van der Waals surface area (Å²) in [7, 11) is 0. The third-order valence-electron chi connectivity index (χ3n) is 5.00. The summed E-state index contributed by atoms with van der Waals surface area (Å²) in [5.74, 6) is -1.75. The molecule has 0 saturated carbocycles. The van der Waals surface area contributed by atoms with E-state index in [9.17, 15) is 24.5 Å². The number of carbonyl (C=O) groups excluding carboxylic acids is 3. The Hall–Kier alpha value is -4.52. The Morgan fingerprint density at radius 1 is 1.00 bits per heavy atom. The number of amides is 3. The molecule has 9 N–H and O–H groups in total. The molecule has 2 unspecified atom stereocenters. The van der Waals surface area contributed by atoms with Crippen molar-refractivity contribution in [2.24, 2.45) is 22.2 Å². The first-order chi connectivity index (χ1) is 17.2. The van der Waals surface area contributed by atoms with Gasteiger partial charge in [0.05, 0.1) is 17.5 Å². The van der Waals surface area contributed by atoms with E-state index in [1.807, 2.05) is 30.3 Å². The normalized spacial score (nSPS) is 12.0. The molecule has 0 spiro atoms. The van der Waals surface area contributed by atoms with Crippen LogP contribution in [0.4, 0.5) is 11.4 Å². The molecule has 0 aliphatic heterocycles. The second-order valence-corrected chi connectivity index (χ2v) is 7.88. The Labute approximate surface area is 207 Å². The third-order valence-corrected chi connectivity index (χ3v) is 5.00. The molecule has 2 aromatic carbocycles. The molecule has 13 nitrogen and oxygen atoms in total. The Kier molecular flexibility index (Phi) is 10.8. The quantitative estimate of drug-likeness (QED) is 0.0709. The zero-order chi connectivity index (χ0) is 26.5. The van der Waals surface area contributed by atoms with Crippen LogP contribution in [-0.2, 0) is 20.8 Å². The first-order valence-electron chi connectivity index (χ1n) is 11.1. The van der Waals surface area contributed by atoms with Crippen LogP contribution in [-0.4, -0.2) is 53.8 Å². The summed E-state index contributed by atoms with van der Waals surface area (Å²) in [5, 5.41) is 18.5. The van der Waals surface area contributed by atoms with Gasteiger partial charge in [-0.3, -0.25) is 29.5 Å². The van der Waals surface area contributed by atoms with Gasteiger partial charge in [0.1, 0.15) is 6.04 Å². The summed E-state index contributed by atoms with van der Waals surface area (Å²) in [4.78, 5) is 51.6. The smallest absolute Gasteiger partial charge is 0.269 e. The van der Waals surface area contributed by atoms with Gasteiger partial charge in [-0.15, -0.1) is 0 Å². The van der Waals surface area contributed by atoms with Gasteiger partial charge in [-0.05, 0) is 37.0 Å². The number of nitrogens with one attached hydrogen (secondary N) is 3. The zero-order valence-electron chi connectivity index (χ0n) is 19.6. The summed E-state index contributed by atoms with van der Waals surface area (Å²) < 4.78 is 0. The van der Waals surface area contributed by atoms with Crippen molar-refractivity contribution in [3.8, 4) is 0 Å². The molecule has 36 heavy (non-hydrogen) atoms. The molecule has 2 rings (SSSR count). The van der Waals surface area contributed by atoms with Crippen molar-refractivity contribution < 1.29 is 19.3 Å². The highest BCUT2D eigenvalue weighted by Gasteiger charge is 2.22. The maximum absolute atomic E-state index is 12.8. The van der Waals surface area contributed by atoms with Crippen molar-refractivity contribution >= 4 is 35.1 Å². The molecular formula is C23H30N8O5. The first-order valence-corrected chi connectivity index (χ1v) is 11.1. The van der Waals surface area contributed by atoms with Crippen molar-refractivity contribution in [2.45, 2.75) is 31.3 Å². The van der Waals surface area contributed by atoms with Crippen LogP contribution in [0.15, 0.2) is 59.6 Å². The minimum atomic E-state index is -0.975. The van der Waals surface area contributed by atoms with Crippen LogP contribution in [0.25, 0.3) is 0 Å². The van der Waals surface area contributed by atoms with Crippen LogP contribution < -0.4 is 33.2 Å². The number of nitrogens with zero attached hydrogens (tertiary/aromatic N) is 2. The highest BCUT2D eigenvalue weighted by atomic mass is 16.6. The molecule has 3 amide bonds. The first kappa shape index (κ1) is 27.7. The van der Waals surface area contributed by atoms with E-state index >= 15 is 0 Å². The van der Waals surface area contributed by atoms with Crippen LogP contribution >= 0.6 is 0 Å². The monoisotopic (exact) mass is 498 g/mol. The molecule has 0 heterocycles. The molecule has 0 saturated heterocycles. The van der Waals surface area contributed by atoms with Crippen LogP contribution in [0.5, 0.6) is 0 Å². The lowest BCUT2D eigenvalue weighted by molar-refractivity contribution is -0.384. The number of guanidine groups is 1. The van der Waals surface area contributed by atoms with E-state index in [2.05, 4.69) is 20.9 Å². The molecule has 0 fully saturated rings. The SMILES string of the molecule is NC(N)=NCCCC(NC(=O)CNC(=O)C(N)Cc1ccccc1)C(=O)Nc1ccc([N+](=O)[O-])cc1. The van der Waals surface area contributed by atoms with E-state index in [-0.39, 0.29) is 31.2 Å². The molecule has 0 radical (unpaired) electrons. The number of carbonyl (C=O) groups is 3. The second-order valence-electron chi connectivity index (χ2n) is 7.88. The summed E-state index contributed by atoms with van der Waals surface area (Å²) >= 11 is 0. The number of nitro groups is 1. The maximum Gasteiger partial charge on any atom is 0.269 e. The Morgan fingerprint density at radius 2 is 1.67 bits per heavy atom. The van der Waals surface area contributed by atoms with E-state index < -0.39 is 34.7 Å². The van der Waals surface area contributed by atoms with Crippen LogP contribution in [0, 0.1) is 10.1 Å². The van der Waals surface area contributed by atoms with E-state index in [0.29, 0.717) is 18.5 Å². The van der Waals surface area contributed by atoms with E-state index in [1.165, 1.54) is 24.3 Å². The average molecular weight is 499 g/mol. The molecule has 192 valence electrons. The lowest BCUT2D eigenvalue weighted by Crippen LogP contribution is -2.50. The predicted octanol–water partition coefficient (Wildman–Crippen LogP) is -0.242. The fourth-order valence-electron chi connectivity index (χ4n) is 3.17. The fraction of sp³-hybridized carbons (Fsp3) is 0.304. The van der Waals surface area contributed by atoms with Crippen molar-refractivity contribution in [3.63, 3.8) is 0 Å². The van der Waals surface area contributed by atoms with Gasteiger partial charge in [0, 0.05) is 24.4 Å². The van der Waals surface area contributed by atoms with Crippen molar-refractivity contribution in [2.75, 3.05) is 18.4 Å². The van der Waals surface area contributed by atoms with Crippen molar-refractivity contribution in [1.82, 2.24) is 10.6 Å². The summed E-state index contributed by atoms with van der Waals surface area (Å²) in [6.07, 6.45) is 0.882. The minimum absolute atomic E-state index is 0.0968. The maximum atomic E-state index is 12.8. The number of aliphatic imine (C=N–C) groups is 1. The highest BCUT2D eigenvalue weighted by Crippen LogP contribution is 2.16. The lowest BCUT2D eigenvalue weighted by Gasteiger charge is -2.19. The topological polar surface area (TPSA) is 221 Å². The highest BCUT2D eigenvalue weighted by molar-refractivity contribution is 5.98. The number of benzene rings is 2. The molecule has 0 aromatic heterocycles. The van der Waals surface area contributed by atoms with Crippen molar-refractivity contribution in [3.05, 3.63) is 70.3 Å². The Bertz CT molecular complexity index is 1070. The summed E-state index contributed by atoms with van der Waals surface area (Å²) in [6.45, 7) is -0.138. The number of anilines is 1. The van der Waals surface area contributed by atoms with Gasteiger partial charge >= 0.3 is 0 Å². The number of non-ortho nitro benzene ring substituents is 1.